The van der Waals surface area contributed by atoms with Gasteiger partial charge in [0.2, 0.25) is 5.91 Å². The van der Waals surface area contributed by atoms with Crippen molar-refractivity contribution in [2.45, 2.75) is 32.7 Å². The minimum absolute atomic E-state index is 0.0556. The number of amides is 3. The number of benzene rings is 2. The summed E-state index contributed by atoms with van der Waals surface area (Å²) in [5, 5.41) is 17.4. The lowest BCUT2D eigenvalue weighted by Gasteiger charge is -2.23. The van der Waals surface area contributed by atoms with Crippen LogP contribution in [0.5, 0.6) is 5.75 Å². The SMILES string of the molecule is COc1cc(C(CCN(C)CCC(=O)O)NC(C)=O)ccc1NC(=O)Nc1ccccc1C. The fourth-order valence-corrected chi connectivity index (χ4v) is 3.33. The van der Waals surface area contributed by atoms with Gasteiger partial charge in [0.05, 0.1) is 25.3 Å². The van der Waals surface area contributed by atoms with Gasteiger partial charge in [0.25, 0.3) is 0 Å². The largest absolute Gasteiger partial charge is 0.495 e. The molecule has 0 saturated carbocycles. The maximum Gasteiger partial charge on any atom is 0.323 e. The number of carbonyl (C=O) groups is 3. The molecule has 1 unspecified atom stereocenters. The average Bonchev–Trinajstić information content (AvgIpc) is 2.76. The molecule has 0 aromatic heterocycles. The number of aliphatic carboxylic acids is 1. The molecule has 0 aliphatic heterocycles. The van der Waals surface area contributed by atoms with Crippen LogP contribution in [0.3, 0.4) is 0 Å². The van der Waals surface area contributed by atoms with Crippen molar-refractivity contribution < 1.29 is 24.2 Å². The highest BCUT2D eigenvalue weighted by Crippen LogP contribution is 2.30. The van der Waals surface area contributed by atoms with Crippen molar-refractivity contribution in [2.24, 2.45) is 0 Å². The molecule has 0 radical (unpaired) electrons. The van der Waals surface area contributed by atoms with Gasteiger partial charge in [-0.3, -0.25) is 9.59 Å². The van der Waals surface area contributed by atoms with Crippen molar-refractivity contribution in [3.8, 4) is 5.75 Å². The first-order valence-corrected chi connectivity index (χ1v) is 10.7. The fraction of sp³-hybridized carbons (Fsp3) is 0.375. The molecule has 0 aliphatic rings. The van der Waals surface area contributed by atoms with Crippen LogP contribution in [-0.4, -0.2) is 55.2 Å². The Morgan fingerprint density at radius 1 is 1.06 bits per heavy atom. The first kappa shape index (κ1) is 25.7. The Hall–Kier alpha value is -3.59. The van der Waals surface area contributed by atoms with Crippen molar-refractivity contribution >= 4 is 29.3 Å². The van der Waals surface area contributed by atoms with E-state index in [4.69, 9.17) is 9.84 Å². The molecule has 0 saturated heterocycles. The average molecular weight is 457 g/mol. The molecular formula is C24H32N4O5. The number of nitrogens with one attached hydrogen (secondary N) is 3. The summed E-state index contributed by atoms with van der Waals surface area (Å²) in [6.45, 7) is 4.38. The van der Waals surface area contributed by atoms with E-state index >= 15 is 0 Å². The number of ether oxygens (including phenoxy) is 1. The van der Waals surface area contributed by atoms with Crippen molar-refractivity contribution in [3.63, 3.8) is 0 Å². The van der Waals surface area contributed by atoms with E-state index in [1.807, 2.05) is 49.2 Å². The zero-order valence-corrected chi connectivity index (χ0v) is 19.5. The van der Waals surface area contributed by atoms with Crippen LogP contribution < -0.4 is 20.7 Å². The summed E-state index contributed by atoms with van der Waals surface area (Å²) in [4.78, 5) is 36.9. The van der Waals surface area contributed by atoms with Gasteiger partial charge in [-0.05, 0) is 49.7 Å². The van der Waals surface area contributed by atoms with E-state index in [1.54, 1.807) is 12.1 Å². The number of rotatable bonds is 11. The quantitative estimate of drug-likeness (QED) is 0.410. The normalized spacial score (nSPS) is 11.5. The van der Waals surface area contributed by atoms with Gasteiger partial charge in [-0.1, -0.05) is 24.3 Å². The molecule has 9 heteroatoms. The van der Waals surface area contributed by atoms with E-state index in [-0.39, 0.29) is 18.4 Å². The van der Waals surface area contributed by atoms with Gasteiger partial charge in [-0.15, -0.1) is 0 Å². The van der Waals surface area contributed by atoms with E-state index in [2.05, 4.69) is 16.0 Å². The lowest BCUT2D eigenvalue weighted by atomic mass is 10.0. The summed E-state index contributed by atoms with van der Waals surface area (Å²) < 4.78 is 5.48. The number of carboxylic acids is 1. The van der Waals surface area contributed by atoms with Crippen LogP contribution in [0.4, 0.5) is 16.2 Å². The molecule has 9 nitrogen and oxygen atoms in total. The zero-order valence-electron chi connectivity index (χ0n) is 19.5. The number of urea groups is 1. The molecule has 0 spiro atoms. The molecule has 1 atom stereocenters. The second-order valence-electron chi connectivity index (χ2n) is 7.84. The van der Waals surface area contributed by atoms with Crippen LogP contribution in [0.2, 0.25) is 0 Å². The maximum absolute atomic E-state index is 12.5. The third-order valence-corrected chi connectivity index (χ3v) is 5.15. The summed E-state index contributed by atoms with van der Waals surface area (Å²) in [5.41, 5.74) is 2.97. The monoisotopic (exact) mass is 456 g/mol. The topological polar surface area (TPSA) is 120 Å². The van der Waals surface area contributed by atoms with E-state index in [0.29, 0.717) is 36.6 Å². The van der Waals surface area contributed by atoms with Crippen molar-refractivity contribution in [1.82, 2.24) is 10.2 Å². The Morgan fingerprint density at radius 2 is 1.76 bits per heavy atom. The van der Waals surface area contributed by atoms with Crippen molar-refractivity contribution in [1.29, 1.82) is 0 Å². The third kappa shape index (κ3) is 8.46. The number of carbonyl (C=O) groups excluding carboxylic acids is 2. The van der Waals surface area contributed by atoms with Gasteiger partial charge in [-0.2, -0.15) is 0 Å². The summed E-state index contributed by atoms with van der Waals surface area (Å²) in [6, 6.07) is 12.1. The molecule has 2 aromatic carbocycles. The third-order valence-electron chi connectivity index (χ3n) is 5.15. The van der Waals surface area contributed by atoms with Crippen LogP contribution >= 0.6 is 0 Å². The molecular weight excluding hydrogens is 424 g/mol. The Balaban J connectivity index is 2.11. The Morgan fingerprint density at radius 3 is 2.39 bits per heavy atom. The Labute approximate surface area is 194 Å². The summed E-state index contributed by atoms with van der Waals surface area (Å²) in [6.07, 6.45) is 0.638. The number of nitrogens with zero attached hydrogens (tertiary/aromatic N) is 1. The highest BCUT2D eigenvalue weighted by Gasteiger charge is 2.17. The minimum Gasteiger partial charge on any atom is -0.495 e. The van der Waals surface area contributed by atoms with Gasteiger partial charge >= 0.3 is 12.0 Å². The van der Waals surface area contributed by atoms with Crippen LogP contribution in [0.1, 0.15) is 36.9 Å². The van der Waals surface area contributed by atoms with Crippen LogP contribution in [0.15, 0.2) is 42.5 Å². The van der Waals surface area contributed by atoms with Crippen molar-refractivity contribution in [2.75, 3.05) is 37.9 Å². The molecule has 3 amide bonds. The predicted octanol–water partition coefficient (Wildman–Crippen LogP) is 3.62. The van der Waals surface area contributed by atoms with Crippen LogP contribution in [0, 0.1) is 6.92 Å². The minimum atomic E-state index is -0.848. The molecule has 178 valence electrons. The molecule has 0 bridgehead atoms. The number of hydrogen-bond acceptors (Lipinski definition) is 5. The smallest absolute Gasteiger partial charge is 0.323 e. The van der Waals surface area contributed by atoms with Gasteiger partial charge < -0.3 is 30.7 Å². The molecule has 0 aliphatic carbocycles. The molecule has 2 rings (SSSR count). The highest BCUT2D eigenvalue weighted by atomic mass is 16.5. The van der Waals surface area contributed by atoms with E-state index in [9.17, 15) is 14.4 Å². The fourth-order valence-electron chi connectivity index (χ4n) is 3.33. The zero-order chi connectivity index (χ0) is 24.4. The highest BCUT2D eigenvalue weighted by molar-refractivity contribution is 6.01. The maximum atomic E-state index is 12.5. The number of methoxy groups -OCH3 is 1. The molecule has 0 heterocycles. The number of carboxylic acid groups (broad SMARTS) is 1. The van der Waals surface area contributed by atoms with E-state index in [1.165, 1.54) is 14.0 Å². The van der Waals surface area contributed by atoms with E-state index in [0.717, 1.165) is 11.1 Å². The van der Waals surface area contributed by atoms with Gasteiger partial charge in [0, 0.05) is 25.7 Å². The first-order chi connectivity index (χ1) is 15.7. The van der Waals surface area contributed by atoms with Crippen LogP contribution in [-0.2, 0) is 9.59 Å². The van der Waals surface area contributed by atoms with Crippen molar-refractivity contribution in [3.05, 3.63) is 53.6 Å². The lowest BCUT2D eigenvalue weighted by Crippen LogP contribution is -2.31. The van der Waals surface area contributed by atoms with Gasteiger partial charge in [-0.25, -0.2) is 4.79 Å². The summed E-state index contributed by atoms with van der Waals surface area (Å²) in [7, 11) is 3.35. The van der Waals surface area contributed by atoms with Crippen LogP contribution in [0.25, 0.3) is 0 Å². The second-order valence-corrected chi connectivity index (χ2v) is 7.84. The molecule has 0 fully saturated rings. The number of aryl methyl sites for hydroxylation is 1. The van der Waals surface area contributed by atoms with E-state index < -0.39 is 12.0 Å². The molecule has 33 heavy (non-hydrogen) atoms. The lowest BCUT2D eigenvalue weighted by molar-refractivity contribution is -0.137. The second kappa shape index (κ2) is 12.4. The summed E-state index contributed by atoms with van der Waals surface area (Å²) in [5.74, 6) is -0.562. The number of hydrogen-bond donors (Lipinski definition) is 4. The van der Waals surface area contributed by atoms with Gasteiger partial charge in [0.15, 0.2) is 0 Å². The number of anilines is 2. The number of para-hydroxylation sites is 1. The Kier molecular flexibility index (Phi) is 9.68. The Bertz CT molecular complexity index is 979. The molecule has 4 N–H and O–H groups in total. The first-order valence-electron chi connectivity index (χ1n) is 10.7. The predicted molar refractivity (Wildman–Crippen MR) is 128 cm³/mol. The van der Waals surface area contributed by atoms with Gasteiger partial charge in [0.1, 0.15) is 5.75 Å². The molecule has 2 aromatic rings. The standard InChI is InChI=1S/C24H32N4O5/c1-16-7-5-6-8-19(16)26-24(32)27-21-10-9-18(15-22(21)33-4)20(25-17(2)29)11-13-28(3)14-12-23(30)31/h5-10,15,20H,11-14H2,1-4H3,(H,25,29)(H,30,31)(H2,26,27,32). The summed E-state index contributed by atoms with van der Waals surface area (Å²) >= 11 is 0.